The molecule has 0 spiro atoms. The minimum Gasteiger partial charge on any atom is -0.496 e. The molecule has 0 aliphatic carbocycles. The summed E-state index contributed by atoms with van der Waals surface area (Å²) < 4.78 is 18.8. The molecule has 29 heavy (non-hydrogen) atoms. The van der Waals surface area contributed by atoms with Gasteiger partial charge in [-0.2, -0.15) is 0 Å². The zero-order valence-corrected chi connectivity index (χ0v) is 17.0. The van der Waals surface area contributed by atoms with Crippen molar-refractivity contribution >= 4 is 28.3 Å². The standard InChI is InChI=1S/C21H20FN3O3S/c1-12-4-5-14(8-13(12)2)20(27)23-10-19(26)25-21-24-17(11-29-21)16-9-15(22)6-7-18(16)28-3/h4-9,11H,10H2,1-3H3,(H,23,27)(H,24,25,26). The van der Waals surface area contributed by atoms with Gasteiger partial charge in [-0.25, -0.2) is 9.37 Å². The van der Waals surface area contributed by atoms with Gasteiger partial charge >= 0.3 is 0 Å². The van der Waals surface area contributed by atoms with Crippen molar-refractivity contribution in [1.29, 1.82) is 0 Å². The Morgan fingerprint density at radius 1 is 1.14 bits per heavy atom. The Bertz CT molecular complexity index is 1070. The van der Waals surface area contributed by atoms with E-state index in [-0.39, 0.29) is 12.5 Å². The molecule has 0 radical (unpaired) electrons. The van der Waals surface area contributed by atoms with Crippen LogP contribution in [-0.2, 0) is 4.79 Å². The van der Waals surface area contributed by atoms with Crippen LogP contribution in [0, 0.1) is 19.7 Å². The van der Waals surface area contributed by atoms with Crippen LogP contribution in [0.1, 0.15) is 21.5 Å². The summed E-state index contributed by atoms with van der Waals surface area (Å²) >= 11 is 1.20. The maximum atomic E-state index is 13.6. The van der Waals surface area contributed by atoms with Crippen LogP contribution in [0.3, 0.4) is 0 Å². The molecule has 6 nitrogen and oxygen atoms in total. The number of rotatable bonds is 6. The number of benzene rings is 2. The van der Waals surface area contributed by atoms with Crippen LogP contribution in [0.2, 0.25) is 0 Å². The summed E-state index contributed by atoms with van der Waals surface area (Å²) in [6.07, 6.45) is 0. The first-order valence-corrected chi connectivity index (χ1v) is 9.70. The number of amides is 2. The van der Waals surface area contributed by atoms with E-state index in [0.29, 0.717) is 27.7 Å². The lowest BCUT2D eigenvalue weighted by atomic mass is 10.1. The summed E-state index contributed by atoms with van der Waals surface area (Å²) in [6, 6.07) is 9.50. The van der Waals surface area contributed by atoms with E-state index in [2.05, 4.69) is 15.6 Å². The Balaban J connectivity index is 1.61. The monoisotopic (exact) mass is 413 g/mol. The van der Waals surface area contributed by atoms with Crippen molar-refractivity contribution in [3.63, 3.8) is 0 Å². The fourth-order valence-electron chi connectivity index (χ4n) is 2.64. The van der Waals surface area contributed by atoms with Gasteiger partial charge in [0, 0.05) is 16.5 Å². The molecule has 2 aromatic carbocycles. The minimum atomic E-state index is -0.409. The van der Waals surface area contributed by atoms with Crippen molar-refractivity contribution in [3.05, 3.63) is 64.3 Å². The lowest BCUT2D eigenvalue weighted by molar-refractivity contribution is -0.115. The quantitative estimate of drug-likeness (QED) is 0.641. The Kier molecular flexibility index (Phi) is 6.23. The van der Waals surface area contributed by atoms with Gasteiger partial charge in [0.05, 0.1) is 19.3 Å². The molecule has 3 rings (SSSR count). The van der Waals surface area contributed by atoms with E-state index in [1.165, 1.54) is 36.6 Å². The number of methoxy groups -OCH3 is 1. The van der Waals surface area contributed by atoms with Crippen molar-refractivity contribution in [2.24, 2.45) is 0 Å². The average molecular weight is 413 g/mol. The summed E-state index contributed by atoms with van der Waals surface area (Å²) in [5, 5.41) is 7.26. The molecule has 2 N–H and O–H groups in total. The molecule has 0 unspecified atom stereocenters. The fourth-order valence-corrected chi connectivity index (χ4v) is 3.37. The second-order valence-corrected chi connectivity index (χ2v) is 7.27. The molecule has 0 bridgehead atoms. The van der Waals surface area contributed by atoms with E-state index >= 15 is 0 Å². The predicted octanol–water partition coefficient (Wildman–Crippen LogP) is 3.94. The molecule has 0 saturated heterocycles. The third-order valence-corrected chi connectivity index (χ3v) is 5.12. The van der Waals surface area contributed by atoms with Crippen LogP contribution < -0.4 is 15.4 Å². The minimum absolute atomic E-state index is 0.191. The van der Waals surface area contributed by atoms with Crippen molar-refractivity contribution in [2.45, 2.75) is 13.8 Å². The molecule has 8 heteroatoms. The number of anilines is 1. The Hall–Kier alpha value is -3.26. The van der Waals surface area contributed by atoms with E-state index in [4.69, 9.17) is 4.74 Å². The summed E-state index contributed by atoms with van der Waals surface area (Å²) in [5.74, 6) is -0.662. The average Bonchev–Trinajstić information content (AvgIpc) is 3.16. The second-order valence-electron chi connectivity index (χ2n) is 6.41. The van der Waals surface area contributed by atoms with Crippen LogP contribution in [0.25, 0.3) is 11.3 Å². The van der Waals surface area contributed by atoms with Gasteiger partial charge in [-0.1, -0.05) is 6.07 Å². The van der Waals surface area contributed by atoms with Crippen LogP contribution in [0.5, 0.6) is 5.75 Å². The number of ether oxygens (including phenoxy) is 1. The SMILES string of the molecule is COc1ccc(F)cc1-c1csc(NC(=O)CNC(=O)c2ccc(C)c(C)c2)n1. The van der Waals surface area contributed by atoms with E-state index in [9.17, 15) is 14.0 Å². The maximum Gasteiger partial charge on any atom is 0.251 e. The van der Waals surface area contributed by atoms with Crippen LogP contribution >= 0.6 is 11.3 Å². The number of hydrogen-bond donors (Lipinski definition) is 2. The summed E-state index contributed by atoms with van der Waals surface area (Å²) in [7, 11) is 1.49. The van der Waals surface area contributed by atoms with Gasteiger partial charge < -0.3 is 15.4 Å². The lowest BCUT2D eigenvalue weighted by Gasteiger charge is -2.07. The van der Waals surface area contributed by atoms with E-state index < -0.39 is 11.7 Å². The number of aryl methyl sites for hydroxylation is 2. The fraction of sp³-hybridized carbons (Fsp3) is 0.190. The lowest BCUT2D eigenvalue weighted by Crippen LogP contribution is -2.32. The van der Waals surface area contributed by atoms with Gasteiger partial charge in [0.25, 0.3) is 5.91 Å². The highest BCUT2D eigenvalue weighted by molar-refractivity contribution is 7.14. The molecule has 0 aliphatic rings. The van der Waals surface area contributed by atoms with Gasteiger partial charge in [0.2, 0.25) is 5.91 Å². The van der Waals surface area contributed by atoms with Crippen molar-refractivity contribution < 1.29 is 18.7 Å². The van der Waals surface area contributed by atoms with Gasteiger partial charge in [0.15, 0.2) is 5.13 Å². The molecule has 2 amide bonds. The predicted molar refractivity (Wildman–Crippen MR) is 111 cm³/mol. The van der Waals surface area contributed by atoms with Crippen LogP contribution in [-0.4, -0.2) is 30.5 Å². The molecule has 0 fully saturated rings. The van der Waals surface area contributed by atoms with E-state index in [0.717, 1.165) is 11.1 Å². The maximum absolute atomic E-state index is 13.6. The number of hydrogen-bond acceptors (Lipinski definition) is 5. The van der Waals surface area contributed by atoms with Crippen molar-refractivity contribution in [2.75, 3.05) is 19.0 Å². The summed E-state index contributed by atoms with van der Waals surface area (Å²) in [5.41, 5.74) is 3.57. The number of halogens is 1. The number of carbonyl (C=O) groups excluding carboxylic acids is 2. The van der Waals surface area contributed by atoms with Crippen LogP contribution in [0.15, 0.2) is 41.8 Å². The van der Waals surface area contributed by atoms with Crippen LogP contribution in [0.4, 0.5) is 9.52 Å². The van der Waals surface area contributed by atoms with E-state index in [1.54, 1.807) is 17.5 Å². The number of thiazole rings is 1. The number of aromatic nitrogens is 1. The molecule has 1 aromatic heterocycles. The van der Waals surface area contributed by atoms with Crippen molar-refractivity contribution in [3.8, 4) is 17.0 Å². The smallest absolute Gasteiger partial charge is 0.251 e. The highest BCUT2D eigenvalue weighted by Gasteiger charge is 2.14. The Labute approximate surface area is 171 Å². The first-order valence-electron chi connectivity index (χ1n) is 8.82. The number of carbonyl (C=O) groups is 2. The topological polar surface area (TPSA) is 80.3 Å². The highest BCUT2D eigenvalue weighted by atomic mass is 32.1. The summed E-state index contributed by atoms with van der Waals surface area (Å²) in [6.45, 7) is 3.70. The Morgan fingerprint density at radius 3 is 2.66 bits per heavy atom. The number of nitrogens with one attached hydrogen (secondary N) is 2. The van der Waals surface area contributed by atoms with Gasteiger partial charge in [-0.15, -0.1) is 11.3 Å². The molecule has 3 aromatic rings. The first-order chi connectivity index (χ1) is 13.9. The van der Waals surface area contributed by atoms with Gasteiger partial charge in [-0.05, 0) is 55.3 Å². The van der Waals surface area contributed by atoms with Gasteiger partial charge in [-0.3, -0.25) is 9.59 Å². The van der Waals surface area contributed by atoms with Crippen molar-refractivity contribution in [1.82, 2.24) is 10.3 Å². The third-order valence-electron chi connectivity index (χ3n) is 4.37. The molecular weight excluding hydrogens is 393 g/mol. The molecule has 0 atom stereocenters. The molecule has 0 saturated carbocycles. The first kappa shape index (κ1) is 20.5. The molecule has 150 valence electrons. The molecular formula is C21H20FN3O3S. The summed E-state index contributed by atoms with van der Waals surface area (Å²) in [4.78, 5) is 28.7. The number of nitrogens with zero attached hydrogens (tertiary/aromatic N) is 1. The van der Waals surface area contributed by atoms with E-state index in [1.807, 2.05) is 19.9 Å². The largest absolute Gasteiger partial charge is 0.496 e. The van der Waals surface area contributed by atoms with Gasteiger partial charge in [0.1, 0.15) is 11.6 Å². The zero-order valence-electron chi connectivity index (χ0n) is 16.2. The third kappa shape index (κ3) is 4.97. The zero-order chi connectivity index (χ0) is 21.0. The normalized spacial score (nSPS) is 10.5. The highest BCUT2D eigenvalue weighted by Crippen LogP contribution is 2.32. The second kappa shape index (κ2) is 8.83. The Morgan fingerprint density at radius 2 is 1.93 bits per heavy atom. The molecule has 1 heterocycles. The molecule has 0 aliphatic heterocycles.